The monoisotopic (exact) mass is 391 g/mol. The first-order valence-electron chi connectivity index (χ1n) is 10.9. The van der Waals surface area contributed by atoms with Gasteiger partial charge in [-0.25, -0.2) is 0 Å². The van der Waals surface area contributed by atoms with Gasteiger partial charge in [-0.2, -0.15) is 0 Å². The lowest BCUT2D eigenvalue weighted by molar-refractivity contribution is -0.125. The van der Waals surface area contributed by atoms with Gasteiger partial charge in [0.15, 0.2) is 0 Å². The zero-order valence-corrected chi connectivity index (χ0v) is 17.4. The van der Waals surface area contributed by atoms with Gasteiger partial charge in [0.1, 0.15) is 0 Å². The van der Waals surface area contributed by atoms with Gasteiger partial charge >= 0.3 is 0 Å². The summed E-state index contributed by atoms with van der Waals surface area (Å²) in [4.78, 5) is 26.7. The van der Waals surface area contributed by atoms with Crippen LogP contribution in [0.15, 0.2) is 0 Å². The molecular weight excluding hydrogens is 354 g/mol. The number of hydrogen-bond acceptors (Lipinski definition) is 4. The topological polar surface area (TPSA) is 70.7 Å². The molecule has 1 aliphatic carbocycles. The molecular formula is C22H37N3O3. The molecule has 158 valence electrons. The Morgan fingerprint density at radius 2 is 1.93 bits per heavy atom. The molecule has 0 aromatic rings. The first kappa shape index (κ1) is 22.7. The molecule has 28 heavy (non-hydrogen) atoms. The predicted octanol–water partition coefficient (Wildman–Crippen LogP) is 2.08. The minimum atomic E-state index is 0.0521. The van der Waals surface area contributed by atoms with Crippen molar-refractivity contribution in [2.45, 2.75) is 76.8 Å². The maximum absolute atomic E-state index is 12.5. The van der Waals surface area contributed by atoms with Gasteiger partial charge in [-0.1, -0.05) is 13.3 Å². The van der Waals surface area contributed by atoms with Crippen LogP contribution in [0.4, 0.5) is 0 Å². The van der Waals surface area contributed by atoms with Crippen LogP contribution >= 0.6 is 0 Å². The van der Waals surface area contributed by atoms with E-state index in [2.05, 4.69) is 28.4 Å². The van der Waals surface area contributed by atoms with Crippen molar-refractivity contribution in [1.82, 2.24) is 15.5 Å². The van der Waals surface area contributed by atoms with Crippen molar-refractivity contribution < 1.29 is 14.3 Å². The van der Waals surface area contributed by atoms with Crippen LogP contribution in [0.25, 0.3) is 0 Å². The first-order valence-corrected chi connectivity index (χ1v) is 10.9. The van der Waals surface area contributed by atoms with E-state index in [9.17, 15) is 9.59 Å². The van der Waals surface area contributed by atoms with Crippen LogP contribution in [0.1, 0.15) is 64.7 Å². The Bertz CT molecular complexity index is 524. The molecule has 0 aromatic carbocycles. The van der Waals surface area contributed by atoms with Crippen LogP contribution in [0.2, 0.25) is 0 Å². The van der Waals surface area contributed by atoms with Crippen molar-refractivity contribution >= 4 is 11.8 Å². The lowest BCUT2D eigenvalue weighted by Gasteiger charge is -2.35. The number of carbonyl (C=O) groups excluding carboxylic acids is 2. The van der Waals surface area contributed by atoms with Crippen LogP contribution in [-0.2, 0) is 14.3 Å². The van der Waals surface area contributed by atoms with E-state index in [1.165, 1.54) is 12.8 Å². The van der Waals surface area contributed by atoms with E-state index in [0.717, 1.165) is 51.0 Å². The van der Waals surface area contributed by atoms with E-state index in [1.54, 1.807) is 0 Å². The molecule has 2 aliphatic rings. The number of ether oxygens (including phenoxy) is 1. The molecule has 6 heteroatoms. The Morgan fingerprint density at radius 3 is 2.68 bits per heavy atom. The number of nitrogens with one attached hydrogen (secondary N) is 2. The van der Waals surface area contributed by atoms with Gasteiger partial charge in [-0.3, -0.25) is 14.5 Å². The third-order valence-corrected chi connectivity index (χ3v) is 5.84. The number of rotatable bonds is 10. The summed E-state index contributed by atoms with van der Waals surface area (Å²) in [7, 11) is 0. The van der Waals surface area contributed by atoms with Gasteiger partial charge < -0.3 is 15.4 Å². The quantitative estimate of drug-likeness (QED) is 0.442. The van der Waals surface area contributed by atoms with E-state index in [4.69, 9.17) is 11.2 Å². The molecule has 0 spiro atoms. The van der Waals surface area contributed by atoms with Crippen molar-refractivity contribution in [3.63, 3.8) is 0 Å². The number of hydrogen-bond donors (Lipinski definition) is 2. The summed E-state index contributed by atoms with van der Waals surface area (Å²) in [6.45, 7) is 5.09. The fourth-order valence-corrected chi connectivity index (χ4v) is 3.96. The molecule has 2 amide bonds. The molecule has 2 N–H and O–H groups in total. The second-order valence-electron chi connectivity index (χ2n) is 8.29. The summed E-state index contributed by atoms with van der Waals surface area (Å²) < 4.78 is 5.57. The summed E-state index contributed by atoms with van der Waals surface area (Å²) in [5.41, 5.74) is 0. The van der Waals surface area contributed by atoms with Gasteiger partial charge in [-0.05, 0) is 44.4 Å². The molecule has 0 aromatic heterocycles. The second kappa shape index (κ2) is 12.8. The van der Waals surface area contributed by atoms with E-state index < -0.39 is 0 Å². The Hall–Kier alpha value is -1.58. The Morgan fingerprint density at radius 1 is 1.14 bits per heavy atom. The molecule has 0 radical (unpaired) electrons. The average molecular weight is 392 g/mol. The summed E-state index contributed by atoms with van der Waals surface area (Å²) in [5.74, 6) is 3.55. The van der Waals surface area contributed by atoms with E-state index in [-0.39, 0.29) is 17.9 Å². The molecule has 1 aliphatic heterocycles. The lowest BCUT2D eigenvalue weighted by atomic mass is 9.87. The van der Waals surface area contributed by atoms with Crippen molar-refractivity contribution in [2.24, 2.45) is 5.92 Å². The molecule has 1 saturated carbocycles. The van der Waals surface area contributed by atoms with Crippen LogP contribution in [0.3, 0.4) is 0 Å². The fraction of sp³-hybridized carbons (Fsp3) is 0.818. The highest BCUT2D eigenvalue weighted by Crippen LogP contribution is 2.23. The number of unbranched alkanes of at least 4 members (excludes halogenated alkanes) is 3. The zero-order valence-electron chi connectivity index (χ0n) is 17.4. The molecule has 1 atom stereocenters. The molecule has 1 saturated heterocycles. The summed E-state index contributed by atoms with van der Waals surface area (Å²) in [6.07, 6.45) is 13.9. The first-order chi connectivity index (χ1) is 13.6. The van der Waals surface area contributed by atoms with Crippen molar-refractivity contribution in [2.75, 3.05) is 32.8 Å². The summed E-state index contributed by atoms with van der Waals surface area (Å²) >= 11 is 0. The average Bonchev–Trinajstić information content (AvgIpc) is 2.69. The maximum atomic E-state index is 12.5. The number of nitrogens with zero attached hydrogens (tertiary/aromatic N) is 1. The Labute approximate surface area is 170 Å². The molecule has 2 fully saturated rings. The zero-order chi connectivity index (χ0) is 20.2. The third kappa shape index (κ3) is 8.62. The van der Waals surface area contributed by atoms with Crippen molar-refractivity contribution in [1.29, 1.82) is 0 Å². The summed E-state index contributed by atoms with van der Waals surface area (Å²) in [6, 6.07) is 0.369. The van der Waals surface area contributed by atoms with Crippen LogP contribution < -0.4 is 10.6 Å². The second-order valence-corrected chi connectivity index (χ2v) is 8.29. The van der Waals surface area contributed by atoms with Gasteiger partial charge in [0.05, 0.1) is 25.8 Å². The molecule has 6 nitrogen and oxygen atoms in total. The van der Waals surface area contributed by atoms with Gasteiger partial charge in [0.2, 0.25) is 11.8 Å². The Balaban J connectivity index is 1.67. The molecule has 1 unspecified atom stereocenters. The molecule has 2 rings (SSSR count). The van der Waals surface area contributed by atoms with Crippen molar-refractivity contribution in [3.8, 4) is 12.3 Å². The van der Waals surface area contributed by atoms with Gasteiger partial charge in [0, 0.05) is 32.0 Å². The number of carbonyl (C=O) groups is 2. The van der Waals surface area contributed by atoms with E-state index in [0.29, 0.717) is 38.8 Å². The van der Waals surface area contributed by atoms with E-state index >= 15 is 0 Å². The van der Waals surface area contributed by atoms with Crippen LogP contribution in [0.5, 0.6) is 0 Å². The number of amides is 2. The smallest absolute Gasteiger partial charge is 0.234 e. The highest BCUT2D eigenvalue weighted by atomic mass is 16.5. The van der Waals surface area contributed by atoms with E-state index in [1.807, 2.05) is 0 Å². The standard InChI is InChI=1S/C22H37N3O3/c1-3-4-5-6-7-8-21(26)23-15-20-17-28-14-13-25(20)16-22(27)24-19-11-9-18(2)10-12-19/h1,18-20H,4-17H2,2H3,(H,23,26)(H,24,27). The predicted molar refractivity (Wildman–Crippen MR) is 111 cm³/mol. The fourth-order valence-electron chi connectivity index (χ4n) is 3.96. The van der Waals surface area contributed by atoms with Crippen LogP contribution in [-0.4, -0.2) is 61.6 Å². The largest absolute Gasteiger partial charge is 0.378 e. The number of morpholine rings is 1. The summed E-state index contributed by atoms with van der Waals surface area (Å²) in [5, 5.41) is 6.19. The molecule has 0 bridgehead atoms. The Kier molecular flexibility index (Phi) is 10.4. The minimum Gasteiger partial charge on any atom is -0.378 e. The van der Waals surface area contributed by atoms with Crippen LogP contribution in [0, 0.1) is 18.3 Å². The van der Waals surface area contributed by atoms with Crippen molar-refractivity contribution in [3.05, 3.63) is 0 Å². The minimum absolute atomic E-state index is 0.0521. The highest BCUT2D eigenvalue weighted by Gasteiger charge is 2.26. The van der Waals surface area contributed by atoms with Gasteiger partial charge in [0.25, 0.3) is 0 Å². The molecule has 1 heterocycles. The number of terminal acetylenes is 1. The highest BCUT2D eigenvalue weighted by molar-refractivity contribution is 5.78. The SMILES string of the molecule is C#CCCCCCC(=O)NCC1COCCN1CC(=O)NC1CCC(C)CC1. The van der Waals surface area contributed by atoms with Gasteiger partial charge in [-0.15, -0.1) is 12.3 Å². The third-order valence-electron chi connectivity index (χ3n) is 5.84. The maximum Gasteiger partial charge on any atom is 0.234 e. The lowest BCUT2D eigenvalue weighted by Crippen LogP contribution is -2.54. The normalized spacial score (nSPS) is 25.6.